The molecule has 72 valence electrons. The number of aliphatic hydroxyl groups is 1. The van der Waals surface area contributed by atoms with Gasteiger partial charge in [-0.3, -0.25) is 4.90 Å². The van der Waals surface area contributed by atoms with Crippen LogP contribution in [0.3, 0.4) is 0 Å². The Bertz CT molecular complexity index is 126. The fourth-order valence-electron chi connectivity index (χ4n) is 1.53. The molecule has 3 heteroatoms. The number of hydrogen-bond donors (Lipinski definition) is 2. The fraction of sp³-hybridized carbons (Fsp3) is 1.00. The average molecular weight is 172 g/mol. The number of nitrogens with two attached hydrogens (primary N) is 1. The van der Waals surface area contributed by atoms with Crippen molar-refractivity contribution in [2.24, 2.45) is 5.73 Å². The van der Waals surface area contributed by atoms with Crippen molar-refractivity contribution in [3.05, 3.63) is 0 Å². The number of hydrogen-bond acceptors (Lipinski definition) is 3. The standard InChI is InChI=1S/C9H20N2O/c1-2-11(9-3-4-9)7-8(10)5-6-12/h8-9,12H,2-7,10H2,1H3. The zero-order valence-corrected chi connectivity index (χ0v) is 7.87. The third kappa shape index (κ3) is 3.09. The van der Waals surface area contributed by atoms with Crippen LogP contribution in [0.15, 0.2) is 0 Å². The van der Waals surface area contributed by atoms with Gasteiger partial charge in [0.1, 0.15) is 0 Å². The maximum absolute atomic E-state index is 8.68. The summed E-state index contributed by atoms with van der Waals surface area (Å²) in [5, 5.41) is 8.68. The first-order chi connectivity index (χ1) is 5.77. The molecule has 0 spiro atoms. The van der Waals surface area contributed by atoms with E-state index in [1.54, 1.807) is 0 Å². The molecule has 0 aliphatic heterocycles. The smallest absolute Gasteiger partial charge is 0.0446 e. The van der Waals surface area contributed by atoms with Gasteiger partial charge in [-0.15, -0.1) is 0 Å². The second-order valence-electron chi connectivity index (χ2n) is 3.59. The number of aliphatic hydroxyl groups excluding tert-OH is 1. The van der Waals surface area contributed by atoms with Gasteiger partial charge in [0.2, 0.25) is 0 Å². The lowest BCUT2D eigenvalue weighted by molar-refractivity contribution is 0.225. The summed E-state index contributed by atoms with van der Waals surface area (Å²) in [4.78, 5) is 2.42. The van der Waals surface area contributed by atoms with E-state index >= 15 is 0 Å². The highest BCUT2D eigenvalue weighted by atomic mass is 16.3. The van der Waals surface area contributed by atoms with E-state index in [-0.39, 0.29) is 12.6 Å². The fourth-order valence-corrected chi connectivity index (χ4v) is 1.53. The zero-order chi connectivity index (χ0) is 8.97. The summed E-state index contributed by atoms with van der Waals surface area (Å²) in [6.45, 7) is 4.42. The molecule has 0 aromatic carbocycles. The van der Waals surface area contributed by atoms with Crippen molar-refractivity contribution < 1.29 is 5.11 Å². The molecule has 1 aliphatic carbocycles. The molecule has 3 N–H and O–H groups in total. The third-order valence-electron chi connectivity index (χ3n) is 2.44. The summed E-state index contributed by atoms with van der Waals surface area (Å²) in [5.74, 6) is 0. The molecule has 0 saturated heterocycles. The minimum atomic E-state index is 0.149. The van der Waals surface area contributed by atoms with Gasteiger partial charge in [-0.1, -0.05) is 6.92 Å². The molecule has 1 aliphatic rings. The van der Waals surface area contributed by atoms with Crippen LogP contribution in [-0.4, -0.2) is 41.8 Å². The average Bonchev–Trinajstić information content (AvgIpc) is 2.83. The first kappa shape index (κ1) is 9.96. The first-order valence-electron chi connectivity index (χ1n) is 4.88. The molecular formula is C9H20N2O. The van der Waals surface area contributed by atoms with E-state index in [4.69, 9.17) is 10.8 Å². The van der Waals surface area contributed by atoms with Crippen molar-refractivity contribution in [3.8, 4) is 0 Å². The van der Waals surface area contributed by atoms with Crippen molar-refractivity contribution >= 4 is 0 Å². The van der Waals surface area contributed by atoms with Crippen LogP contribution in [0.4, 0.5) is 0 Å². The Morgan fingerprint density at radius 1 is 1.58 bits per heavy atom. The minimum Gasteiger partial charge on any atom is -0.396 e. The second kappa shape index (κ2) is 4.80. The summed E-state index contributed by atoms with van der Waals surface area (Å²) in [7, 11) is 0. The lowest BCUT2D eigenvalue weighted by Gasteiger charge is -2.23. The molecule has 1 fully saturated rings. The van der Waals surface area contributed by atoms with Crippen LogP contribution in [-0.2, 0) is 0 Å². The van der Waals surface area contributed by atoms with Crippen molar-refractivity contribution in [1.29, 1.82) is 0 Å². The van der Waals surface area contributed by atoms with Gasteiger partial charge in [-0.05, 0) is 25.8 Å². The molecule has 0 aromatic rings. The van der Waals surface area contributed by atoms with E-state index in [0.717, 1.165) is 25.6 Å². The summed E-state index contributed by atoms with van der Waals surface area (Å²) in [6, 6.07) is 0.940. The maximum Gasteiger partial charge on any atom is 0.0446 e. The lowest BCUT2D eigenvalue weighted by atomic mass is 10.2. The molecule has 0 radical (unpaired) electrons. The Labute approximate surface area is 74.5 Å². The van der Waals surface area contributed by atoms with E-state index in [1.807, 2.05) is 0 Å². The van der Waals surface area contributed by atoms with E-state index in [1.165, 1.54) is 12.8 Å². The quantitative estimate of drug-likeness (QED) is 0.601. The molecule has 1 rings (SSSR count). The van der Waals surface area contributed by atoms with Crippen LogP contribution < -0.4 is 5.73 Å². The predicted octanol–water partition coefficient (Wildman–Crippen LogP) is 0.180. The van der Waals surface area contributed by atoms with Gasteiger partial charge >= 0.3 is 0 Å². The van der Waals surface area contributed by atoms with Crippen LogP contribution in [0, 0.1) is 0 Å². The van der Waals surface area contributed by atoms with E-state index in [2.05, 4.69) is 11.8 Å². The van der Waals surface area contributed by atoms with Gasteiger partial charge in [0.05, 0.1) is 0 Å². The monoisotopic (exact) mass is 172 g/mol. The highest BCUT2D eigenvalue weighted by Crippen LogP contribution is 2.26. The van der Waals surface area contributed by atoms with Gasteiger partial charge in [-0.25, -0.2) is 0 Å². The molecule has 0 heterocycles. The Morgan fingerprint density at radius 3 is 2.67 bits per heavy atom. The molecule has 1 saturated carbocycles. The largest absolute Gasteiger partial charge is 0.396 e. The van der Waals surface area contributed by atoms with Crippen molar-refractivity contribution in [2.45, 2.75) is 38.3 Å². The highest BCUT2D eigenvalue weighted by molar-refractivity contribution is 4.85. The van der Waals surface area contributed by atoms with Gasteiger partial charge in [0.15, 0.2) is 0 Å². The van der Waals surface area contributed by atoms with E-state index < -0.39 is 0 Å². The van der Waals surface area contributed by atoms with Gasteiger partial charge in [-0.2, -0.15) is 0 Å². The van der Waals surface area contributed by atoms with Crippen LogP contribution >= 0.6 is 0 Å². The van der Waals surface area contributed by atoms with E-state index in [0.29, 0.717) is 0 Å². The van der Waals surface area contributed by atoms with Crippen molar-refractivity contribution in [1.82, 2.24) is 4.90 Å². The van der Waals surface area contributed by atoms with Gasteiger partial charge < -0.3 is 10.8 Å². The molecule has 0 amide bonds. The summed E-state index contributed by atoms with van der Waals surface area (Å²) < 4.78 is 0. The van der Waals surface area contributed by atoms with Crippen LogP contribution in [0.25, 0.3) is 0 Å². The summed E-state index contributed by atoms with van der Waals surface area (Å²) in [5.41, 5.74) is 5.82. The van der Waals surface area contributed by atoms with E-state index in [9.17, 15) is 0 Å². The van der Waals surface area contributed by atoms with Crippen molar-refractivity contribution in [2.75, 3.05) is 19.7 Å². The Balaban J connectivity index is 2.16. The SMILES string of the molecule is CCN(CC(N)CCO)C1CC1. The lowest BCUT2D eigenvalue weighted by Crippen LogP contribution is -2.39. The molecule has 1 unspecified atom stereocenters. The summed E-state index contributed by atoms with van der Waals surface area (Å²) >= 11 is 0. The number of likely N-dealkylation sites (N-methyl/N-ethyl adjacent to an activating group) is 1. The molecule has 0 aromatic heterocycles. The first-order valence-corrected chi connectivity index (χ1v) is 4.88. The van der Waals surface area contributed by atoms with Crippen LogP contribution in [0.2, 0.25) is 0 Å². The number of nitrogens with zero attached hydrogens (tertiary/aromatic N) is 1. The van der Waals surface area contributed by atoms with Crippen molar-refractivity contribution in [3.63, 3.8) is 0 Å². The Kier molecular flexibility index (Phi) is 3.98. The summed E-state index contributed by atoms with van der Waals surface area (Å²) in [6.07, 6.45) is 3.39. The topological polar surface area (TPSA) is 49.5 Å². The minimum absolute atomic E-state index is 0.149. The van der Waals surface area contributed by atoms with Crippen LogP contribution in [0.5, 0.6) is 0 Å². The molecule has 0 bridgehead atoms. The number of rotatable bonds is 6. The molecule has 1 atom stereocenters. The highest BCUT2D eigenvalue weighted by Gasteiger charge is 2.28. The second-order valence-corrected chi connectivity index (χ2v) is 3.59. The van der Waals surface area contributed by atoms with Crippen LogP contribution in [0.1, 0.15) is 26.2 Å². The molecule has 3 nitrogen and oxygen atoms in total. The Morgan fingerprint density at radius 2 is 2.25 bits per heavy atom. The maximum atomic E-state index is 8.68. The predicted molar refractivity (Wildman–Crippen MR) is 49.9 cm³/mol. The van der Waals surface area contributed by atoms with Gasteiger partial charge in [0.25, 0.3) is 0 Å². The Hall–Kier alpha value is -0.120. The normalized spacial score (nSPS) is 20.0. The molecule has 12 heavy (non-hydrogen) atoms. The van der Waals surface area contributed by atoms with Gasteiger partial charge in [0, 0.05) is 25.2 Å². The molecular weight excluding hydrogens is 152 g/mol. The third-order valence-corrected chi connectivity index (χ3v) is 2.44. The zero-order valence-electron chi connectivity index (χ0n) is 7.87.